The molecule has 0 spiro atoms. The molecule has 0 saturated carbocycles. The van der Waals surface area contributed by atoms with E-state index in [9.17, 15) is 4.79 Å². The maximum absolute atomic E-state index is 13.0. The fourth-order valence-corrected chi connectivity index (χ4v) is 4.89. The maximum atomic E-state index is 13.0. The Morgan fingerprint density at radius 3 is 2.79 bits per heavy atom. The molecule has 1 saturated heterocycles. The first kappa shape index (κ1) is 17.8. The van der Waals surface area contributed by atoms with Crippen LogP contribution in [-0.2, 0) is 26.1 Å². The Morgan fingerprint density at radius 2 is 1.96 bits per heavy atom. The van der Waals surface area contributed by atoms with Crippen molar-refractivity contribution in [3.8, 4) is 0 Å². The number of amides is 1. The number of carbonyl (C=O) groups is 1. The van der Waals surface area contributed by atoms with Gasteiger partial charge >= 0.3 is 0 Å². The zero-order valence-electron chi connectivity index (χ0n) is 16.1. The van der Waals surface area contributed by atoms with E-state index in [-0.39, 0.29) is 5.91 Å². The molecular formula is C20H24N6OS. The lowest BCUT2D eigenvalue weighted by atomic mass is 10.0. The number of aromatic nitrogens is 4. The second-order valence-electron chi connectivity index (χ2n) is 7.64. The minimum atomic E-state index is 0.109. The van der Waals surface area contributed by atoms with E-state index >= 15 is 0 Å². The maximum Gasteiger partial charge on any atom is 0.274 e. The van der Waals surface area contributed by atoms with E-state index in [1.807, 2.05) is 15.6 Å². The minimum Gasteiger partial charge on any atom is -0.337 e. The van der Waals surface area contributed by atoms with Gasteiger partial charge < -0.3 is 4.90 Å². The molecule has 2 aromatic heterocycles. The summed E-state index contributed by atoms with van der Waals surface area (Å²) in [6, 6.07) is 6.30. The first-order chi connectivity index (χ1) is 13.7. The first-order valence-electron chi connectivity index (χ1n) is 10.0. The van der Waals surface area contributed by atoms with Crippen molar-refractivity contribution in [1.82, 2.24) is 28.3 Å². The molecule has 8 heteroatoms. The molecule has 2 aliphatic rings. The Labute approximate surface area is 168 Å². The third-order valence-electron chi connectivity index (χ3n) is 5.83. The standard InChI is InChI=1S/C20H24N6OS/c1-2-26-18-7-10-24(12-14-5-6-16-17(11-14)23-28-22-16)13-15(18)19(21-26)20(27)25-8-3-4-9-25/h5-6,11H,2-4,7-10,12-13H2,1H3. The Balaban J connectivity index is 1.40. The van der Waals surface area contributed by atoms with Gasteiger partial charge in [-0.15, -0.1) is 0 Å². The fraction of sp³-hybridized carbons (Fsp3) is 0.500. The van der Waals surface area contributed by atoms with Gasteiger partial charge in [0.05, 0.1) is 11.7 Å². The molecule has 0 radical (unpaired) electrons. The molecule has 0 N–H and O–H groups in total. The Bertz CT molecular complexity index is 1020. The predicted octanol–water partition coefficient (Wildman–Crippen LogP) is 2.70. The van der Waals surface area contributed by atoms with E-state index in [2.05, 4.69) is 32.7 Å². The summed E-state index contributed by atoms with van der Waals surface area (Å²) in [5, 5.41) is 4.71. The fourth-order valence-electron chi connectivity index (χ4n) is 4.37. The van der Waals surface area contributed by atoms with E-state index in [1.165, 1.54) is 23.0 Å². The van der Waals surface area contributed by atoms with Gasteiger partial charge in [-0.3, -0.25) is 14.4 Å². The molecule has 2 aliphatic heterocycles. The highest BCUT2D eigenvalue weighted by Gasteiger charge is 2.31. The quantitative estimate of drug-likeness (QED) is 0.678. The van der Waals surface area contributed by atoms with Crippen LogP contribution in [0.2, 0.25) is 0 Å². The van der Waals surface area contributed by atoms with Crippen molar-refractivity contribution in [2.45, 2.75) is 45.8 Å². The van der Waals surface area contributed by atoms with Gasteiger partial charge in [0.15, 0.2) is 5.69 Å². The van der Waals surface area contributed by atoms with Crippen LogP contribution in [-0.4, -0.2) is 53.9 Å². The molecule has 1 amide bonds. The average Bonchev–Trinajstić information content (AvgIpc) is 3.46. The van der Waals surface area contributed by atoms with Gasteiger partial charge in [-0.1, -0.05) is 6.07 Å². The Kier molecular flexibility index (Phi) is 4.60. The molecule has 1 aromatic carbocycles. The second kappa shape index (κ2) is 7.25. The van der Waals surface area contributed by atoms with Crippen molar-refractivity contribution in [3.63, 3.8) is 0 Å². The first-order valence-corrected chi connectivity index (χ1v) is 10.8. The minimum absolute atomic E-state index is 0.109. The monoisotopic (exact) mass is 396 g/mol. The van der Waals surface area contributed by atoms with E-state index < -0.39 is 0 Å². The summed E-state index contributed by atoms with van der Waals surface area (Å²) in [4.78, 5) is 17.4. The normalized spacial score (nSPS) is 17.4. The van der Waals surface area contributed by atoms with Crippen LogP contribution >= 0.6 is 11.7 Å². The highest BCUT2D eigenvalue weighted by atomic mass is 32.1. The summed E-state index contributed by atoms with van der Waals surface area (Å²) in [5.41, 5.74) is 6.18. The van der Waals surface area contributed by atoms with Crippen LogP contribution in [0.4, 0.5) is 0 Å². The number of carbonyl (C=O) groups excluding carboxylic acids is 1. The lowest BCUT2D eigenvalue weighted by molar-refractivity contribution is 0.0783. The van der Waals surface area contributed by atoms with Crippen LogP contribution in [0.15, 0.2) is 18.2 Å². The zero-order valence-corrected chi connectivity index (χ0v) is 16.9. The molecule has 0 unspecified atom stereocenters. The molecule has 146 valence electrons. The van der Waals surface area contributed by atoms with Crippen LogP contribution < -0.4 is 0 Å². The van der Waals surface area contributed by atoms with Gasteiger partial charge in [-0.2, -0.15) is 13.8 Å². The molecule has 0 bridgehead atoms. The molecular weight excluding hydrogens is 372 g/mol. The van der Waals surface area contributed by atoms with Crippen molar-refractivity contribution in [3.05, 3.63) is 40.7 Å². The predicted molar refractivity (Wildman–Crippen MR) is 108 cm³/mol. The molecule has 0 aliphatic carbocycles. The zero-order chi connectivity index (χ0) is 19.1. The van der Waals surface area contributed by atoms with Gasteiger partial charge in [0.2, 0.25) is 0 Å². The average molecular weight is 397 g/mol. The lowest BCUT2D eigenvalue weighted by Crippen LogP contribution is -2.33. The topological polar surface area (TPSA) is 67.2 Å². The summed E-state index contributed by atoms with van der Waals surface area (Å²) < 4.78 is 10.7. The van der Waals surface area contributed by atoms with E-state index in [1.54, 1.807) is 0 Å². The number of hydrogen-bond acceptors (Lipinski definition) is 6. The van der Waals surface area contributed by atoms with Gasteiger partial charge in [0, 0.05) is 56.9 Å². The number of nitrogens with zero attached hydrogens (tertiary/aromatic N) is 6. The number of aryl methyl sites for hydroxylation is 1. The van der Waals surface area contributed by atoms with Gasteiger partial charge in [-0.25, -0.2) is 0 Å². The number of benzene rings is 1. The van der Waals surface area contributed by atoms with Crippen molar-refractivity contribution in [2.75, 3.05) is 19.6 Å². The highest BCUT2D eigenvalue weighted by Crippen LogP contribution is 2.26. The molecule has 0 atom stereocenters. The van der Waals surface area contributed by atoms with Gasteiger partial charge in [0.1, 0.15) is 11.0 Å². The van der Waals surface area contributed by atoms with Crippen LogP contribution in [0.5, 0.6) is 0 Å². The summed E-state index contributed by atoms with van der Waals surface area (Å²) >= 11 is 1.25. The summed E-state index contributed by atoms with van der Waals surface area (Å²) in [6.45, 7) is 7.22. The van der Waals surface area contributed by atoms with Crippen molar-refractivity contribution < 1.29 is 4.79 Å². The Hall–Kier alpha value is -2.32. The third-order valence-corrected chi connectivity index (χ3v) is 6.39. The van der Waals surface area contributed by atoms with Crippen LogP contribution in [0, 0.1) is 0 Å². The van der Waals surface area contributed by atoms with Crippen LogP contribution in [0.1, 0.15) is 47.1 Å². The molecule has 3 aromatic rings. The largest absolute Gasteiger partial charge is 0.337 e. The van der Waals surface area contributed by atoms with Crippen molar-refractivity contribution >= 4 is 28.7 Å². The summed E-state index contributed by atoms with van der Waals surface area (Å²) in [7, 11) is 0. The number of likely N-dealkylation sites (tertiary alicyclic amines) is 1. The van der Waals surface area contributed by atoms with E-state index in [0.29, 0.717) is 5.69 Å². The van der Waals surface area contributed by atoms with Crippen molar-refractivity contribution in [1.29, 1.82) is 0 Å². The summed E-state index contributed by atoms with van der Waals surface area (Å²) in [6.07, 6.45) is 3.13. The number of rotatable bonds is 4. The van der Waals surface area contributed by atoms with Crippen LogP contribution in [0.25, 0.3) is 11.0 Å². The molecule has 1 fully saturated rings. The van der Waals surface area contributed by atoms with E-state index in [4.69, 9.17) is 5.10 Å². The van der Waals surface area contributed by atoms with E-state index in [0.717, 1.165) is 75.1 Å². The second-order valence-corrected chi connectivity index (χ2v) is 8.17. The highest BCUT2D eigenvalue weighted by molar-refractivity contribution is 7.00. The smallest absolute Gasteiger partial charge is 0.274 e. The molecule has 7 nitrogen and oxygen atoms in total. The number of hydrogen-bond donors (Lipinski definition) is 0. The summed E-state index contributed by atoms with van der Waals surface area (Å²) in [5.74, 6) is 0.109. The molecule has 28 heavy (non-hydrogen) atoms. The van der Waals surface area contributed by atoms with Gasteiger partial charge in [-0.05, 0) is 37.5 Å². The molecule has 4 heterocycles. The Morgan fingerprint density at radius 1 is 1.14 bits per heavy atom. The third kappa shape index (κ3) is 3.10. The van der Waals surface area contributed by atoms with Crippen LogP contribution in [0.3, 0.4) is 0 Å². The molecule has 5 rings (SSSR count). The lowest BCUT2D eigenvalue weighted by Gasteiger charge is -2.28. The van der Waals surface area contributed by atoms with Crippen molar-refractivity contribution in [2.24, 2.45) is 0 Å². The SMILES string of the molecule is CCn1nc(C(=O)N2CCCC2)c2c1CCN(Cc1ccc3nsnc3c1)C2. The number of fused-ring (bicyclic) bond motifs is 2. The van der Waals surface area contributed by atoms with Gasteiger partial charge in [0.25, 0.3) is 5.91 Å².